The van der Waals surface area contributed by atoms with Gasteiger partial charge in [-0.15, -0.1) is 0 Å². The first-order chi connectivity index (χ1) is 14.7. The van der Waals surface area contributed by atoms with Gasteiger partial charge in [0, 0.05) is 32.6 Å². The van der Waals surface area contributed by atoms with Gasteiger partial charge in [-0.05, 0) is 31.0 Å². The molecule has 158 valence electrons. The van der Waals surface area contributed by atoms with Crippen LogP contribution < -0.4 is 5.32 Å². The van der Waals surface area contributed by atoms with E-state index in [1.807, 2.05) is 24.3 Å². The van der Waals surface area contributed by atoms with Gasteiger partial charge in [-0.2, -0.15) is 0 Å². The summed E-state index contributed by atoms with van der Waals surface area (Å²) in [4.78, 5) is 12.0. The van der Waals surface area contributed by atoms with Crippen molar-refractivity contribution in [3.63, 3.8) is 0 Å². The number of hydrogen-bond acceptors (Lipinski definition) is 3. The van der Waals surface area contributed by atoms with Crippen LogP contribution in [-0.4, -0.2) is 46.7 Å². The lowest BCUT2D eigenvalue weighted by molar-refractivity contribution is 0.0906. The molecule has 0 radical (unpaired) electrons. The van der Waals surface area contributed by atoms with Crippen LogP contribution in [0.3, 0.4) is 0 Å². The number of nitrogens with one attached hydrogen (secondary N) is 1. The van der Waals surface area contributed by atoms with Gasteiger partial charge < -0.3 is 19.5 Å². The smallest absolute Gasteiger partial charge is 0.194 e. The Kier molecular flexibility index (Phi) is 6.64. The lowest BCUT2D eigenvalue weighted by Crippen LogP contribution is -2.40. The molecular formula is C24H31N5O. The molecule has 1 aromatic heterocycles. The molecule has 30 heavy (non-hydrogen) atoms. The van der Waals surface area contributed by atoms with Crippen molar-refractivity contribution in [1.29, 1.82) is 0 Å². The quantitative estimate of drug-likeness (QED) is 0.482. The number of imidazole rings is 1. The maximum absolute atomic E-state index is 5.97. The van der Waals surface area contributed by atoms with Crippen molar-refractivity contribution in [2.45, 2.75) is 26.5 Å². The van der Waals surface area contributed by atoms with Gasteiger partial charge in [0.15, 0.2) is 5.96 Å². The average molecular weight is 406 g/mol. The van der Waals surface area contributed by atoms with E-state index in [4.69, 9.17) is 14.7 Å². The van der Waals surface area contributed by atoms with Crippen molar-refractivity contribution in [2.75, 3.05) is 26.2 Å². The minimum Gasteiger partial charge on any atom is -0.376 e. The molecule has 4 rings (SSSR count). The fourth-order valence-corrected chi connectivity index (χ4v) is 3.99. The number of nitrogens with zero attached hydrogens (tertiary/aromatic N) is 4. The molecule has 1 saturated heterocycles. The number of likely N-dealkylation sites (tertiary alicyclic amines) is 1. The van der Waals surface area contributed by atoms with E-state index in [0.29, 0.717) is 19.1 Å². The van der Waals surface area contributed by atoms with E-state index < -0.39 is 0 Å². The summed E-state index contributed by atoms with van der Waals surface area (Å²) in [7, 11) is 2.06. The molecule has 6 nitrogen and oxygen atoms in total. The number of hydrogen-bond donors (Lipinski definition) is 1. The normalized spacial score (nSPS) is 17.1. The number of guanidine groups is 1. The van der Waals surface area contributed by atoms with Gasteiger partial charge >= 0.3 is 0 Å². The first kappa shape index (κ1) is 20.4. The van der Waals surface area contributed by atoms with Crippen molar-refractivity contribution >= 4 is 17.0 Å². The zero-order valence-electron chi connectivity index (χ0n) is 17.9. The average Bonchev–Trinajstić information content (AvgIpc) is 3.37. The Labute approximate surface area is 178 Å². The van der Waals surface area contributed by atoms with E-state index in [-0.39, 0.29) is 0 Å². The number of aromatic nitrogens is 2. The largest absolute Gasteiger partial charge is 0.376 e. The first-order valence-electron chi connectivity index (χ1n) is 10.8. The van der Waals surface area contributed by atoms with Gasteiger partial charge in [0.2, 0.25) is 0 Å². The molecule has 6 heteroatoms. The second-order valence-electron chi connectivity index (χ2n) is 7.85. The van der Waals surface area contributed by atoms with E-state index >= 15 is 0 Å². The number of aryl methyl sites for hydroxylation is 1. The highest BCUT2D eigenvalue weighted by Crippen LogP contribution is 2.18. The molecule has 1 atom stereocenters. The van der Waals surface area contributed by atoms with Gasteiger partial charge in [0.05, 0.1) is 24.2 Å². The van der Waals surface area contributed by atoms with Crippen LogP contribution in [0.2, 0.25) is 0 Å². The zero-order chi connectivity index (χ0) is 20.8. The maximum Gasteiger partial charge on any atom is 0.194 e. The van der Waals surface area contributed by atoms with Crippen molar-refractivity contribution in [1.82, 2.24) is 19.8 Å². The third-order valence-corrected chi connectivity index (χ3v) is 5.64. The second-order valence-corrected chi connectivity index (χ2v) is 7.85. The number of rotatable bonds is 7. The predicted octanol–water partition coefficient (Wildman–Crippen LogP) is 3.58. The maximum atomic E-state index is 5.97. The van der Waals surface area contributed by atoms with E-state index in [2.05, 4.69) is 59.1 Å². The Bertz CT molecular complexity index is 982. The second kappa shape index (κ2) is 9.76. The molecule has 0 saturated carbocycles. The van der Waals surface area contributed by atoms with Gasteiger partial charge in [0.25, 0.3) is 0 Å². The summed E-state index contributed by atoms with van der Waals surface area (Å²) in [6.45, 7) is 6.98. The van der Waals surface area contributed by atoms with Gasteiger partial charge in [-0.1, -0.05) is 42.5 Å². The molecule has 0 amide bonds. The summed E-state index contributed by atoms with van der Waals surface area (Å²) >= 11 is 0. The Hall–Kier alpha value is -2.86. The Morgan fingerprint density at radius 1 is 1.17 bits per heavy atom. The van der Waals surface area contributed by atoms with Crippen molar-refractivity contribution in [3.8, 4) is 0 Å². The van der Waals surface area contributed by atoms with Crippen LogP contribution in [0.15, 0.2) is 59.6 Å². The van der Waals surface area contributed by atoms with E-state index in [1.54, 1.807) is 0 Å². The summed E-state index contributed by atoms with van der Waals surface area (Å²) in [6, 6.07) is 18.6. The summed E-state index contributed by atoms with van der Waals surface area (Å²) < 4.78 is 8.10. The summed E-state index contributed by atoms with van der Waals surface area (Å²) in [5.41, 5.74) is 3.39. The van der Waals surface area contributed by atoms with Crippen molar-refractivity contribution in [3.05, 3.63) is 66.0 Å². The van der Waals surface area contributed by atoms with Crippen LogP contribution >= 0.6 is 0 Å². The van der Waals surface area contributed by atoms with Crippen LogP contribution in [-0.2, 0) is 24.9 Å². The molecule has 2 heterocycles. The monoisotopic (exact) mass is 405 g/mol. The van der Waals surface area contributed by atoms with E-state index in [1.165, 1.54) is 5.56 Å². The Morgan fingerprint density at radius 2 is 1.97 bits per heavy atom. The highest BCUT2D eigenvalue weighted by Gasteiger charge is 2.25. The van der Waals surface area contributed by atoms with Crippen LogP contribution in [0.4, 0.5) is 0 Å². The van der Waals surface area contributed by atoms with Crippen LogP contribution in [0.5, 0.6) is 0 Å². The highest BCUT2D eigenvalue weighted by atomic mass is 16.5. The molecule has 0 bridgehead atoms. The topological polar surface area (TPSA) is 54.7 Å². The molecule has 1 aliphatic heterocycles. The number of aliphatic imine (C=N–C) groups is 1. The number of para-hydroxylation sites is 2. The standard InChI is InChI=1S/C24H31N5O/c1-3-25-24(26-15-23-27-21-11-7-8-12-22(21)28(23)2)29-14-13-20(16-29)18-30-17-19-9-5-4-6-10-19/h4-12,20H,3,13-18H2,1-2H3,(H,25,26). The lowest BCUT2D eigenvalue weighted by atomic mass is 10.1. The van der Waals surface area contributed by atoms with Gasteiger partial charge in [-0.3, -0.25) is 0 Å². The molecule has 1 unspecified atom stereocenters. The highest BCUT2D eigenvalue weighted by molar-refractivity contribution is 5.80. The van der Waals surface area contributed by atoms with Gasteiger partial charge in [0.1, 0.15) is 12.4 Å². The Morgan fingerprint density at radius 3 is 2.77 bits per heavy atom. The first-order valence-corrected chi connectivity index (χ1v) is 10.8. The van der Waals surface area contributed by atoms with Crippen LogP contribution in [0.1, 0.15) is 24.7 Å². The lowest BCUT2D eigenvalue weighted by Gasteiger charge is -2.21. The van der Waals surface area contributed by atoms with E-state index in [0.717, 1.165) is 55.5 Å². The molecule has 1 fully saturated rings. The molecule has 2 aromatic carbocycles. The Balaban J connectivity index is 1.35. The molecular weight excluding hydrogens is 374 g/mol. The fraction of sp³-hybridized carbons (Fsp3) is 0.417. The number of ether oxygens (including phenoxy) is 1. The van der Waals surface area contributed by atoms with Crippen molar-refractivity contribution < 1.29 is 4.74 Å². The summed E-state index contributed by atoms with van der Waals surface area (Å²) in [5.74, 6) is 2.48. The third kappa shape index (κ3) is 4.82. The van der Waals surface area contributed by atoms with E-state index in [9.17, 15) is 0 Å². The fourth-order valence-electron chi connectivity index (χ4n) is 3.99. The van der Waals surface area contributed by atoms with Crippen LogP contribution in [0, 0.1) is 5.92 Å². The minimum atomic E-state index is 0.535. The SMILES string of the molecule is CCNC(=NCc1nc2ccccc2n1C)N1CCC(COCc2ccccc2)C1. The number of fused-ring (bicyclic) bond motifs is 1. The molecule has 3 aromatic rings. The van der Waals surface area contributed by atoms with Gasteiger partial charge in [-0.25, -0.2) is 9.98 Å². The molecule has 0 aliphatic carbocycles. The third-order valence-electron chi connectivity index (χ3n) is 5.64. The zero-order valence-corrected chi connectivity index (χ0v) is 17.9. The number of benzene rings is 2. The predicted molar refractivity (Wildman–Crippen MR) is 121 cm³/mol. The summed E-state index contributed by atoms with van der Waals surface area (Å²) in [6.07, 6.45) is 1.13. The molecule has 0 spiro atoms. The molecule has 1 N–H and O–H groups in total. The minimum absolute atomic E-state index is 0.535. The molecule has 1 aliphatic rings. The summed E-state index contributed by atoms with van der Waals surface area (Å²) in [5, 5.41) is 3.45. The van der Waals surface area contributed by atoms with Crippen LogP contribution in [0.25, 0.3) is 11.0 Å². The van der Waals surface area contributed by atoms with Crippen molar-refractivity contribution in [2.24, 2.45) is 18.0 Å².